The summed E-state index contributed by atoms with van der Waals surface area (Å²) < 4.78 is 12.1. The van der Waals surface area contributed by atoms with Crippen LogP contribution in [-0.4, -0.2) is 54.0 Å². The number of furan rings is 1. The maximum absolute atomic E-state index is 13.2. The molecule has 1 aromatic heterocycles. The highest BCUT2D eigenvalue weighted by atomic mass is 79.9. The molecule has 1 saturated heterocycles. The van der Waals surface area contributed by atoms with Crippen LogP contribution in [-0.2, 0) is 16.1 Å². The SMILES string of the molecule is CCCN(CC(=O)N(Cc1ccco1)CC1CCCO1)C(=O)c1ccc(Br)cc1. The Morgan fingerprint density at radius 1 is 1.17 bits per heavy atom. The second-order valence-electron chi connectivity index (χ2n) is 7.22. The molecule has 7 heteroatoms. The highest BCUT2D eigenvalue weighted by molar-refractivity contribution is 9.10. The smallest absolute Gasteiger partial charge is 0.254 e. The lowest BCUT2D eigenvalue weighted by Crippen LogP contribution is -2.45. The van der Waals surface area contributed by atoms with Crippen LogP contribution in [0.4, 0.5) is 0 Å². The van der Waals surface area contributed by atoms with Gasteiger partial charge in [-0.2, -0.15) is 0 Å². The van der Waals surface area contributed by atoms with Gasteiger partial charge in [0, 0.05) is 29.7 Å². The molecule has 0 spiro atoms. The lowest BCUT2D eigenvalue weighted by atomic mass is 10.2. The third-order valence-corrected chi connectivity index (χ3v) is 5.45. The predicted octanol–water partition coefficient (Wildman–Crippen LogP) is 4.10. The molecular weight excluding hydrogens is 436 g/mol. The maximum atomic E-state index is 13.2. The van der Waals surface area contributed by atoms with E-state index in [0.29, 0.717) is 25.2 Å². The Balaban J connectivity index is 1.71. The van der Waals surface area contributed by atoms with E-state index in [1.54, 1.807) is 28.2 Å². The van der Waals surface area contributed by atoms with Gasteiger partial charge in [0.05, 0.1) is 18.9 Å². The first-order chi connectivity index (χ1) is 14.1. The van der Waals surface area contributed by atoms with Crippen LogP contribution in [0.5, 0.6) is 0 Å². The Labute approximate surface area is 179 Å². The number of amides is 2. The van der Waals surface area contributed by atoms with E-state index in [4.69, 9.17) is 9.15 Å². The highest BCUT2D eigenvalue weighted by Crippen LogP contribution is 2.17. The van der Waals surface area contributed by atoms with Gasteiger partial charge in [-0.15, -0.1) is 0 Å². The molecule has 1 aliphatic heterocycles. The van der Waals surface area contributed by atoms with Crippen LogP contribution in [0.15, 0.2) is 51.6 Å². The normalized spacial score (nSPS) is 16.0. The molecule has 1 fully saturated rings. The molecule has 0 aliphatic carbocycles. The number of carbonyl (C=O) groups excluding carboxylic acids is 2. The Morgan fingerprint density at radius 3 is 2.59 bits per heavy atom. The van der Waals surface area contributed by atoms with E-state index in [-0.39, 0.29) is 24.5 Å². The Bertz CT molecular complexity index is 786. The van der Waals surface area contributed by atoms with E-state index in [9.17, 15) is 9.59 Å². The Kier molecular flexibility index (Phi) is 7.89. The zero-order valence-electron chi connectivity index (χ0n) is 16.7. The van der Waals surface area contributed by atoms with Crippen molar-refractivity contribution in [3.8, 4) is 0 Å². The molecule has 29 heavy (non-hydrogen) atoms. The summed E-state index contributed by atoms with van der Waals surface area (Å²) in [4.78, 5) is 29.5. The average molecular weight is 463 g/mol. The monoisotopic (exact) mass is 462 g/mol. The molecule has 0 N–H and O–H groups in total. The van der Waals surface area contributed by atoms with E-state index >= 15 is 0 Å². The van der Waals surface area contributed by atoms with Gasteiger partial charge in [-0.3, -0.25) is 9.59 Å². The first-order valence-electron chi connectivity index (χ1n) is 10.0. The fourth-order valence-electron chi connectivity index (χ4n) is 3.44. The van der Waals surface area contributed by atoms with Crippen molar-refractivity contribution in [1.82, 2.24) is 9.80 Å². The fourth-order valence-corrected chi connectivity index (χ4v) is 3.70. The zero-order valence-corrected chi connectivity index (χ0v) is 18.3. The van der Waals surface area contributed by atoms with Crippen LogP contribution in [0.1, 0.15) is 42.3 Å². The van der Waals surface area contributed by atoms with Crippen LogP contribution in [0.3, 0.4) is 0 Å². The van der Waals surface area contributed by atoms with Gasteiger partial charge in [0.25, 0.3) is 5.91 Å². The van der Waals surface area contributed by atoms with Crippen molar-refractivity contribution >= 4 is 27.7 Å². The van der Waals surface area contributed by atoms with Gasteiger partial charge in [-0.1, -0.05) is 22.9 Å². The van der Waals surface area contributed by atoms with Crippen molar-refractivity contribution in [2.45, 2.75) is 38.8 Å². The minimum absolute atomic E-state index is 0.0377. The molecule has 2 aromatic rings. The average Bonchev–Trinajstić information content (AvgIpc) is 3.41. The van der Waals surface area contributed by atoms with E-state index in [0.717, 1.165) is 36.1 Å². The number of rotatable bonds is 9. The summed E-state index contributed by atoms with van der Waals surface area (Å²) in [7, 11) is 0. The third-order valence-electron chi connectivity index (χ3n) is 4.93. The summed E-state index contributed by atoms with van der Waals surface area (Å²) in [6.45, 7) is 4.17. The molecule has 2 heterocycles. The summed E-state index contributed by atoms with van der Waals surface area (Å²) in [5.74, 6) is 0.483. The van der Waals surface area contributed by atoms with Gasteiger partial charge in [-0.05, 0) is 55.7 Å². The summed E-state index contributed by atoms with van der Waals surface area (Å²) >= 11 is 3.39. The molecular formula is C22H27BrN2O4. The number of halogens is 1. The van der Waals surface area contributed by atoms with Crippen LogP contribution in [0.25, 0.3) is 0 Å². The highest BCUT2D eigenvalue weighted by Gasteiger charge is 2.26. The molecule has 3 rings (SSSR count). The van der Waals surface area contributed by atoms with Crippen molar-refractivity contribution in [3.05, 3.63) is 58.5 Å². The standard InChI is InChI=1S/C22H27BrN2O4/c1-2-11-24(22(27)17-7-9-18(23)10-8-17)16-21(26)25(14-19-5-3-12-28-19)15-20-6-4-13-29-20/h3,5,7-10,12,20H,2,4,6,11,13-16H2,1H3. The topological polar surface area (TPSA) is 63.0 Å². The van der Waals surface area contributed by atoms with Gasteiger partial charge in [-0.25, -0.2) is 0 Å². The fraction of sp³-hybridized carbons (Fsp3) is 0.455. The molecule has 0 bridgehead atoms. The van der Waals surface area contributed by atoms with E-state index in [2.05, 4.69) is 15.9 Å². The number of hydrogen-bond acceptors (Lipinski definition) is 4. The summed E-state index contributed by atoms with van der Waals surface area (Å²) in [6, 6.07) is 10.9. The van der Waals surface area contributed by atoms with Gasteiger partial charge in [0.1, 0.15) is 12.3 Å². The van der Waals surface area contributed by atoms with Gasteiger partial charge in [0.15, 0.2) is 0 Å². The number of ether oxygens (including phenoxy) is 1. The third kappa shape index (κ3) is 6.18. The van der Waals surface area contributed by atoms with Crippen molar-refractivity contribution in [2.75, 3.05) is 26.2 Å². The lowest BCUT2D eigenvalue weighted by molar-refractivity contribution is -0.134. The summed E-state index contributed by atoms with van der Waals surface area (Å²) in [5, 5.41) is 0. The second-order valence-corrected chi connectivity index (χ2v) is 8.14. The first kappa shape index (κ1) is 21.6. The lowest BCUT2D eigenvalue weighted by Gasteiger charge is -2.28. The number of nitrogens with zero attached hydrogens (tertiary/aromatic N) is 2. The van der Waals surface area contributed by atoms with Crippen LogP contribution in [0, 0.1) is 0 Å². The van der Waals surface area contributed by atoms with E-state index in [1.165, 1.54) is 0 Å². The number of benzene rings is 1. The number of hydrogen-bond donors (Lipinski definition) is 0. The largest absolute Gasteiger partial charge is 0.467 e. The molecule has 1 aromatic carbocycles. The molecule has 6 nitrogen and oxygen atoms in total. The van der Waals surface area contributed by atoms with Crippen LogP contribution < -0.4 is 0 Å². The van der Waals surface area contributed by atoms with Gasteiger partial charge in [0.2, 0.25) is 5.91 Å². The molecule has 0 radical (unpaired) electrons. The molecule has 1 aliphatic rings. The van der Waals surface area contributed by atoms with Crippen LogP contribution in [0.2, 0.25) is 0 Å². The van der Waals surface area contributed by atoms with Crippen molar-refractivity contribution < 1.29 is 18.7 Å². The predicted molar refractivity (Wildman–Crippen MR) is 113 cm³/mol. The molecule has 1 atom stereocenters. The minimum atomic E-state index is -0.136. The second kappa shape index (κ2) is 10.6. The Morgan fingerprint density at radius 2 is 1.97 bits per heavy atom. The van der Waals surface area contributed by atoms with E-state index < -0.39 is 0 Å². The molecule has 156 valence electrons. The van der Waals surface area contributed by atoms with Crippen molar-refractivity contribution in [3.63, 3.8) is 0 Å². The summed E-state index contributed by atoms with van der Waals surface area (Å²) in [6.07, 6.45) is 4.37. The Hall–Kier alpha value is -2.12. The molecule has 2 amide bonds. The molecule has 1 unspecified atom stereocenters. The van der Waals surface area contributed by atoms with E-state index in [1.807, 2.05) is 31.2 Å². The van der Waals surface area contributed by atoms with Gasteiger partial charge < -0.3 is 19.0 Å². The maximum Gasteiger partial charge on any atom is 0.254 e. The minimum Gasteiger partial charge on any atom is -0.467 e. The van der Waals surface area contributed by atoms with Crippen molar-refractivity contribution in [1.29, 1.82) is 0 Å². The quantitative estimate of drug-likeness (QED) is 0.562. The zero-order chi connectivity index (χ0) is 20.6. The van der Waals surface area contributed by atoms with Crippen LogP contribution >= 0.6 is 15.9 Å². The molecule has 0 saturated carbocycles. The van der Waals surface area contributed by atoms with Gasteiger partial charge >= 0.3 is 0 Å². The first-order valence-corrected chi connectivity index (χ1v) is 10.8. The summed E-state index contributed by atoms with van der Waals surface area (Å²) in [5.41, 5.74) is 0.575. The number of carbonyl (C=O) groups is 2. The van der Waals surface area contributed by atoms with Crippen molar-refractivity contribution in [2.24, 2.45) is 0 Å².